The van der Waals surface area contributed by atoms with Crippen molar-refractivity contribution in [3.05, 3.63) is 59.1 Å². The van der Waals surface area contributed by atoms with E-state index >= 15 is 0 Å². The van der Waals surface area contributed by atoms with Crippen LogP contribution in [0.5, 0.6) is 0 Å². The molecule has 0 atom stereocenters. The van der Waals surface area contributed by atoms with Gasteiger partial charge in [-0.15, -0.1) is 0 Å². The number of carbonyl (C=O) groups is 3. The zero-order valence-electron chi connectivity index (χ0n) is 17.2. The molecule has 31 heavy (non-hydrogen) atoms. The Hall–Kier alpha value is -3.23. The zero-order chi connectivity index (χ0) is 22.4. The molecule has 1 aromatic carbocycles. The van der Waals surface area contributed by atoms with E-state index in [1.54, 1.807) is 24.0 Å². The summed E-state index contributed by atoms with van der Waals surface area (Å²) in [6, 6.07) is 6.10. The van der Waals surface area contributed by atoms with Gasteiger partial charge in [0.25, 0.3) is 11.8 Å². The highest BCUT2D eigenvalue weighted by Gasteiger charge is 2.24. The van der Waals surface area contributed by atoms with E-state index in [2.05, 4.69) is 10.6 Å². The molecule has 0 unspecified atom stereocenters. The fourth-order valence-corrected chi connectivity index (χ4v) is 3.45. The number of nitrogens with zero attached hydrogens (tertiary/aromatic N) is 1. The topological polar surface area (TPSA) is 91.7 Å². The van der Waals surface area contributed by atoms with Gasteiger partial charge in [-0.25, -0.2) is 8.78 Å². The van der Waals surface area contributed by atoms with Gasteiger partial charge in [0.15, 0.2) is 5.76 Å². The quantitative estimate of drug-likeness (QED) is 0.657. The normalized spacial score (nSPS) is 14.4. The minimum atomic E-state index is -0.925. The summed E-state index contributed by atoms with van der Waals surface area (Å²) >= 11 is 0. The number of carbonyl (C=O) groups excluding carboxylic acids is 3. The summed E-state index contributed by atoms with van der Waals surface area (Å²) in [4.78, 5) is 38.2. The van der Waals surface area contributed by atoms with Gasteiger partial charge in [0.05, 0.1) is 5.56 Å². The zero-order valence-corrected chi connectivity index (χ0v) is 17.2. The maximum atomic E-state index is 13.6. The maximum Gasteiger partial charge on any atom is 0.287 e. The molecule has 0 radical (unpaired) electrons. The third-order valence-corrected chi connectivity index (χ3v) is 5.18. The van der Waals surface area contributed by atoms with Crippen LogP contribution in [0.25, 0.3) is 0 Å². The second-order valence-electron chi connectivity index (χ2n) is 7.52. The number of halogens is 2. The SMILES string of the molecule is Cc1ccc(C(=O)NC2CCN(C(=O)CCCNC(=O)c3ccc(F)cc3F)CC2)o1. The smallest absolute Gasteiger partial charge is 0.287 e. The van der Waals surface area contributed by atoms with Crippen LogP contribution in [0.2, 0.25) is 0 Å². The molecule has 2 heterocycles. The van der Waals surface area contributed by atoms with Crippen LogP contribution in [-0.4, -0.2) is 48.3 Å². The molecule has 0 spiro atoms. The maximum absolute atomic E-state index is 13.6. The Morgan fingerprint density at radius 1 is 1.10 bits per heavy atom. The Balaban J connectivity index is 1.34. The van der Waals surface area contributed by atoms with E-state index < -0.39 is 17.5 Å². The Kier molecular flexibility index (Phi) is 7.38. The van der Waals surface area contributed by atoms with Gasteiger partial charge < -0.3 is 20.0 Å². The molecule has 7 nitrogen and oxygen atoms in total. The van der Waals surface area contributed by atoms with Crippen LogP contribution >= 0.6 is 0 Å². The van der Waals surface area contributed by atoms with E-state index in [4.69, 9.17) is 4.42 Å². The van der Waals surface area contributed by atoms with Crippen LogP contribution in [0, 0.1) is 18.6 Å². The lowest BCUT2D eigenvalue weighted by Gasteiger charge is -2.32. The summed E-state index contributed by atoms with van der Waals surface area (Å²) in [5, 5.41) is 5.46. The lowest BCUT2D eigenvalue weighted by Crippen LogP contribution is -2.46. The first kappa shape index (κ1) is 22.5. The molecular weight excluding hydrogens is 408 g/mol. The van der Waals surface area contributed by atoms with E-state index in [-0.39, 0.29) is 42.1 Å². The first-order chi connectivity index (χ1) is 14.8. The number of piperidine rings is 1. The standard InChI is InChI=1S/C22H25F2N3O4/c1-14-4-7-19(31-14)22(30)26-16-8-11-27(12-9-16)20(28)3-2-10-25-21(29)17-6-5-15(23)13-18(17)24/h4-7,13,16H,2-3,8-12H2,1H3,(H,25,29)(H,26,30). The van der Waals surface area contributed by atoms with Crippen molar-refractivity contribution in [3.8, 4) is 0 Å². The van der Waals surface area contributed by atoms with Crippen molar-refractivity contribution < 1.29 is 27.6 Å². The van der Waals surface area contributed by atoms with Crippen LogP contribution < -0.4 is 10.6 Å². The van der Waals surface area contributed by atoms with Gasteiger partial charge in [-0.2, -0.15) is 0 Å². The Morgan fingerprint density at radius 3 is 2.48 bits per heavy atom. The summed E-state index contributed by atoms with van der Waals surface area (Å²) in [5.41, 5.74) is -0.235. The van der Waals surface area contributed by atoms with Gasteiger partial charge in [-0.3, -0.25) is 14.4 Å². The van der Waals surface area contributed by atoms with Crippen LogP contribution in [0.1, 0.15) is 52.4 Å². The number of rotatable bonds is 7. The first-order valence-electron chi connectivity index (χ1n) is 10.2. The van der Waals surface area contributed by atoms with Crippen LogP contribution in [0.3, 0.4) is 0 Å². The van der Waals surface area contributed by atoms with Crippen LogP contribution in [0.4, 0.5) is 8.78 Å². The average molecular weight is 433 g/mol. The van der Waals surface area contributed by atoms with Crippen LogP contribution in [0.15, 0.2) is 34.7 Å². The van der Waals surface area contributed by atoms with Crippen molar-refractivity contribution in [1.82, 2.24) is 15.5 Å². The molecule has 1 fully saturated rings. The van der Waals surface area contributed by atoms with Crippen molar-refractivity contribution >= 4 is 17.7 Å². The number of hydrogen-bond acceptors (Lipinski definition) is 4. The van der Waals surface area contributed by atoms with Gasteiger partial charge in [0.2, 0.25) is 5.91 Å². The molecule has 0 bridgehead atoms. The van der Waals surface area contributed by atoms with Crippen molar-refractivity contribution in [2.45, 2.75) is 38.6 Å². The highest BCUT2D eigenvalue weighted by Crippen LogP contribution is 2.14. The van der Waals surface area contributed by atoms with Gasteiger partial charge in [-0.1, -0.05) is 0 Å². The van der Waals surface area contributed by atoms with E-state index in [9.17, 15) is 23.2 Å². The number of aryl methyl sites for hydroxylation is 1. The number of amides is 3. The fourth-order valence-electron chi connectivity index (χ4n) is 3.45. The number of benzene rings is 1. The van der Waals surface area contributed by atoms with Crippen molar-refractivity contribution in [3.63, 3.8) is 0 Å². The van der Waals surface area contributed by atoms with Crippen LogP contribution in [-0.2, 0) is 4.79 Å². The molecule has 1 saturated heterocycles. The van der Waals surface area contributed by atoms with E-state index in [1.807, 2.05) is 0 Å². The Labute approximate surface area is 178 Å². The summed E-state index contributed by atoms with van der Waals surface area (Å²) in [6.07, 6.45) is 1.95. The molecule has 1 aliphatic rings. The number of nitrogens with one attached hydrogen (secondary N) is 2. The van der Waals surface area contributed by atoms with E-state index in [1.165, 1.54) is 0 Å². The first-order valence-corrected chi connectivity index (χ1v) is 10.2. The predicted molar refractivity (Wildman–Crippen MR) is 108 cm³/mol. The largest absolute Gasteiger partial charge is 0.456 e. The molecule has 1 aliphatic heterocycles. The predicted octanol–water partition coefficient (Wildman–Crippen LogP) is 2.80. The summed E-state index contributed by atoms with van der Waals surface area (Å²) in [7, 11) is 0. The summed E-state index contributed by atoms with van der Waals surface area (Å²) in [6.45, 7) is 3.05. The van der Waals surface area contributed by atoms with E-state index in [0.717, 1.165) is 12.1 Å². The number of hydrogen-bond donors (Lipinski definition) is 2. The minimum Gasteiger partial charge on any atom is -0.456 e. The molecule has 0 saturated carbocycles. The van der Waals surface area contributed by atoms with Crippen molar-refractivity contribution in [2.75, 3.05) is 19.6 Å². The summed E-state index contributed by atoms with van der Waals surface area (Å²) < 4.78 is 31.8. The second-order valence-corrected chi connectivity index (χ2v) is 7.52. The van der Waals surface area contributed by atoms with Gasteiger partial charge in [-0.05, 0) is 50.5 Å². The molecular formula is C22H25F2N3O4. The van der Waals surface area contributed by atoms with Crippen molar-refractivity contribution in [1.29, 1.82) is 0 Å². The third-order valence-electron chi connectivity index (χ3n) is 5.18. The third kappa shape index (κ3) is 6.13. The van der Waals surface area contributed by atoms with Gasteiger partial charge in [0.1, 0.15) is 17.4 Å². The highest BCUT2D eigenvalue weighted by atomic mass is 19.1. The lowest BCUT2D eigenvalue weighted by molar-refractivity contribution is -0.132. The molecule has 2 N–H and O–H groups in total. The Morgan fingerprint density at radius 2 is 1.84 bits per heavy atom. The Bertz CT molecular complexity index is 952. The molecule has 2 aromatic rings. The minimum absolute atomic E-state index is 0.0214. The molecule has 3 amide bonds. The molecule has 9 heteroatoms. The molecule has 3 rings (SSSR count). The van der Waals surface area contributed by atoms with Gasteiger partial charge >= 0.3 is 0 Å². The van der Waals surface area contributed by atoms with E-state index in [0.29, 0.717) is 44.2 Å². The molecule has 0 aliphatic carbocycles. The molecule has 166 valence electrons. The number of furan rings is 1. The number of likely N-dealkylation sites (tertiary alicyclic amines) is 1. The monoisotopic (exact) mass is 433 g/mol. The fraction of sp³-hybridized carbons (Fsp3) is 0.409. The summed E-state index contributed by atoms with van der Waals surface area (Å²) in [5.74, 6) is -1.67. The second kappa shape index (κ2) is 10.2. The van der Waals surface area contributed by atoms with Crippen molar-refractivity contribution in [2.24, 2.45) is 0 Å². The lowest BCUT2D eigenvalue weighted by atomic mass is 10.0. The molecule has 1 aromatic heterocycles. The highest BCUT2D eigenvalue weighted by molar-refractivity contribution is 5.94. The van der Waals surface area contributed by atoms with Gasteiger partial charge in [0, 0.05) is 38.2 Å². The average Bonchev–Trinajstić information content (AvgIpc) is 3.18.